The Bertz CT molecular complexity index is 898. The molecule has 1 aliphatic carbocycles. The van der Waals surface area contributed by atoms with Gasteiger partial charge in [0, 0.05) is 12.1 Å². The third-order valence-electron chi connectivity index (χ3n) is 5.83. The number of carbonyl (C=O) groups is 3. The third-order valence-corrected chi connectivity index (χ3v) is 6.47. The normalized spacial score (nSPS) is 15.9. The number of alkyl carbamates (subject to hydrolysis) is 1. The second-order valence-electron chi connectivity index (χ2n) is 9.97. The van der Waals surface area contributed by atoms with Gasteiger partial charge >= 0.3 is 6.09 Å². The summed E-state index contributed by atoms with van der Waals surface area (Å²) < 4.78 is 5.36. The van der Waals surface area contributed by atoms with E-state index in [9.17, 15) is 14.4 Å². The number of amides is 3. The Balaban J connectivity index is 2.34. The smallest absolute Gasteiger partial charge is 0.408 e. The maximum atomic E-state index is 13.7. The first-order chi connectivity index (χ1) is 16.6. The van der Waals surface area contributed by atoms with E-state index >= 15 is 0 Å². The number of hydrogen-bond donors (Lipinski definition) is 2. The highest BCUT2D eigenvalue weighted by Crippen LogP contribution is 2.25. The van der Waals surface area contributed by atoms with E-state index in [1.807, 2.05) is 37.4 Å². The van der Waals surface area contributed by atoms with Crippen LogP contribution in [0.3, 0.4) is 0 Å². The van der Waals surface area contributed by atoms with Gasteiger partial charge in [0.15, 0.2) is 0 Å². The lowest BCUT2D eigenvalue weighted by Gasteiger charge is -2.32. The van der Waals surface area contributed by atoms with Gasteiger partial charge in [0.05, 0.1) is 0 Å². The van der Waals surface area contributed by atoms with Gasteiger partial charge in [-0.3, -0.25) is 14.5 Å². The molecule has 0 aliphatic heterocycles. The molecular formula is C27H39N3O4S. The molecule has 0 heterocycles. The SMILES string of the molecule is C#CN(C(=O)C(CCSC)NC(=O)OC(C)(C)C)C(C(=O)NC1CCCCC1)c1ccc(C)cc1. The molecule has 2 unspecified atom stereocenters. The zero-order valence-electron chi connectivity index (χ0n) is 21.6. The van der Waals surface area contributed by atoms with Crippen molar-refractivity contribution in [2.75, 3.05) is 12.0 Å². The maximum Gasteiger partial charge on any atom is 0.408 e. The number of rotatable bonds is 9. The monoisotopic (exact) mass is 501 g/mol. The van der Waals surface area contributed by atoms with Crippen molar-refractivity contribution in [3.05, 3.63) is 35.4 Å². The van der Waals surface area contributed by atoms with Gasteiger partial charge in [-0.15, -0.1) is 0 Å². The Kier molecular flexibility index (Phi) is 11.0. The second-order valence-corrected chi connectivity index (χ2v) is 11.0. The predicted molar refractivity (Wildman–Crippen MR) is 141 cm³/mol. The molecule has 35 heavy (non-hydrogen) atoms. The van der Waals surface area contributed by atoms with Crippen LogP contribution in [0, 0.1) is 19.4 Å². The summed E-state index contributed by atoms with van der Waals surface area (Å²) in [6.07, 6.45) is 12.5. The highest BCUT2D eigenvalue weighted by Gasteiger charge is 2.36. The Morgan fingerprint density at radius 1 is 1.17 bits per heavy atom. The highest BCUT2D eigenvalue weighted by atomic mass is 32.2. The van der Waals surface area contributed by atoms with Crippen LogP contribution in [0.1, 0.15) is 76.5 Å². The van der Waals surface area contributed by atoms with E-state index in [1.54, 1.807) is 32.5 Å². The summed E-state index contributed by atoms with van der Waals surface area (Å²) in [5, 5.41) is 5.78. The number of terminal acetylenes is 1. The molecule has 192 valence electrons. The molecule has 0 radical (unpaired) electrons. The topological polar surface area (TPSA) is 87.7 Å². The minimum absolute atomic E-state index is 0.0612. The summed E-state index contributed by atoms with van der Waals surface area (Å²) >= 11 is 1.55. The minimum atomic E-state index is -1.01. The van der Waals surface area contributed by atoms with Crippen molar-refractivity contribution in [2.45, 2.75) is 89.9 Å². The Hall–Kier alpha value is -2.66. The van der Waals surface area contributed by atoms with Crippen molar-refractivity contribution in [3.63, 3.8) is 0 Å². The molecule has 1 aliphatic rings. The molecule has 1 aromatic rings. The van der Waals surface area contributed by atoms with E-state index in [0.717, 1.165) is 42.6 Å². The molecule has 0 spiro atoms. The van der Waals surface area contributed by atoms with Crippen LogP contribution < -0.4 is 10.6 Å². The van der Waals surface area contributed by atoms with Gasteiger partial charge in [0.25, 0.3) is 5.91 Å². The number of nitrogens with zero attached hydrogens (tertiary/aromatic N) is 1. The van der Waals surface area contributed by atoms with Gasteiger partial charge in [0.2, 0.25) is 5.91 Å². The van der Waals surface area contributed by atoms with E-state index < -0.39 is 29.7 Å². The van der Waals surface area contributed by atoms with E-state index in [1.165, 1.54) is 0 Å². The lowest BCUT2D eigenvalue weighted by atomic mass is 9.94. The van der Waals surface area contributed by atoms with Gasteiger partial charge in [-0.25, -0.2) is 4.79 Å². The van der Waals surface area contributed by atoms with Crippen molar-refractivity contribution in [3.8, 4) is 12.5 Å². The molecule has 0 saturated heterocycles. The molecule has 0 bridgehead atoms. The molecule has 3 amide bonds. The minimum Gasteiger partial charge on any atom is -0.444 e. The first-order valence-electron chi connectivity index (χ1n) is 12.2. The molecule has 2 N–H and O–H groups in total. The molecule has 1 saturated carbocycles. The van der Waals surface area contributed by atoms with E-state index in [4.69, 9.17) is 11.2 Å². The van der Waals surface area contributed by atoms with E-state index in [2.05, 4.69) is 16.7 Å². The van der Waals surface area contributed by atoms with Gasteiger partial charge in [-0.05, 0) is 64.5 Å². The van der Waals surface area contributed by atoms with Crippen molar-refractivity contribution in [1.29, 1.82) is 0 Å². The summed E-state index contributed by atoms with van der Waals surface area (Å²) in [7, 11) is 0. The third kappa shape index (κ3) is 9.14. The average molecular weight is 502 g/mol. The van der Waals surface area contributed by atoms with Crippen LogP contribution in [0.5, 0.6) is 0 Å². The zero-order chi connectivity index (χ0) is 26.0. The fourth-order valence-electron chi connectivity index (χ4n) is 4.07. The zero-order valence-corrected chi connectivity index (χ0v) is 22.4. The fraction of sp³-hybridized carbons (Fsp3) is 0.593. The van der Waals surface area contributed by atoms with Crippen molar-refractivity contribution >= 4 is 29.7 Å². The van der Waals surface area contributed by atoms with Gasteiger partial charge < -0.3 is 15.4 Å². The molecule has 1 aromatic carbocycles. The second kappa shape index (κ2) is 13.4. The van der Waals surface area contributed by atoms with Crippen LogP contribution in [0.2, 0.25) is 0 Å². The summed E-state index contributed by atoms with van der Waals surface area (Å²) in [6.45, 7) is 7.21. The van der Waals surface area contributed by atoms with Crippen LogP contribution in [0.4, 0.5) is 4.79 Å². The van der Waals surface area contributed by atoms with Crippen LogP contribution >= 0.6 is 11.8 Å². The summed E-state index contributed by atoms with van der Waals surface area (Å²) in [5.74, 6) is -0.210. The number of ether oxygens (including phenoxy) is 1. The van der Waals surface area contributed by atoms with Gasteiger partial charge in [0.1, 0.15) is 17.7 Å². The van der Waals surface area contributed by atoms with Crippen molar-refractivity contribution in [2.24, 2.45) is 0 Å². The lowest BCUT2D eigenvalue weighted by Crippen LogP contribution is -2.52. The maximum absolute atomic E-state index is 13.7. The standard InChI is InChI=1S/C27H39N3O4S/c1-7-30(25(32)22(17-18-35-6)29-26(33)34-27(3,4)5)23(20-15-13-19(2)14-16-20)24(31)28-21-11-9-8-10-12-21/h1,13-16,21-23H,8-12,17-18H2,2-6H3,(H,28,31)(H,29,33). The number of hydrogen-bond acceptors (Lipinski definition) is 5. The number of carbonyl (C=O) groups excluding carboxylic acids is 3. The molecule has 8 heteroatoms. The number of nitrogens with one attached hydrogen (secondary N) is 2. The summed E-state index contributed by atoms with van der Waals surface area (Å²) in [5.41, 5.74) is 0.937. The van der Waals surface area contributed by atoms with Crippen LogP contribution in [-0.2, 0) is 14.3 Å². The van der Waals surface area contributed by atoms with E-state index in [0.29, 0.717) is 17.7 Å². The van der Waals surface area contributed by atoms with Gasteiger partial charge in [-0.2, -0.15) is 11.8 Å². The largest absolute Gasteiger partial charge is 0.444 e. The first kappa shape index (κ1) is 28.6. The fourth-order valence-corrected chi connectivity index (χ4v) is 4.54. The lowest BCUT2D eigenvalue weighted by molar-refractivity contribution is -0.139. The molecule has 0 aromatic heterocycles. The first-order valence-corrected chi connectivity index (χ1v) is 13.6. The molecule has 2 rings (SSSR count). The van der Waals surface area contributed by atoms with Crippen molar-refractivity contribution in [1.82, 2.24) is 15.5 Å². The van der Waals surface area contributed by atoms with Crippen molar-refractivity contribution < 1.29 is 19.1 Å². The van der Waals surface area contributed by atoms with Crippen LogP contribution in [-0.4, -0.2) is 52.5 Å². The summed E-state index contributed by atoms with van der Waals surface area (Å²) in [4.78, 5) is 40.8. The number of aryl methyl sites for hydroxylation is 1. The quantitative estimate of drug-likeness (QED) is 0.383. The molecular weight excluding hydrogens is 462 g/mol. The Morgan fingerprint density at radius 2 is 1.80 bits per heavy atom. The van der Waals surface area contributed by atoms with E-state index in [-0.39, 0.29) is 11.9 Å². The number of thioether (sulfide) groups is 1. The highest BCUT2D eigenvalue weighted by molar-refractivity contribution is 7.98. The summed E-state index contributed by atoms with van der Waals surface area (Å²) in [6, 6.07) is 7.97. The van der Waals surface area contributed by atoms with Crippen LogP contribution in [0.25, 0.3) is 0 Å². The molecule has 7 nitrogen and oxygen atoms in total. The Morgan fingerprint density at radius 3 is 2.34 bits per heavy atom. The Labute approximate surface area is 214 Å². The van der Waals surface area contributed by atoms with Crippen LogP contribution in [0.15, 0.2) is 24.3 Å². The predicted octanol–water partition coefficient (Wildman–Crippen LogP) is 4.55. The average Bonchev–Trinajstić information content (AvgIpc) is 2.80. The van der Waals surface area contributed by atoms with Gasteiger partial charge in [-0.1, -0.05) is 55.5 Å². The molecule has 1 fully saturated rings. The number of benzene rings is 1. The molecule has 2 atom stereocenters.